The quantitative estimate of drug-likeness (QED) is 0.170. The van der Waals surface area contributed by atoms with Crippen molar-refractivity contribution in [2.24, 2.45) is 5.73 Å². The molecule has 176 valence electrons. The molecule has 0 aliphatic carbocycles. The molecule has 0 bridgehead atoms. The molecular formula is C16H29NO13. The maximum Gasteiger partial charge on any atom is 0.323 e. The number of ether oxygens (including phenoxy) is 4. The van der Waals surface area contributed by atoms with Crippen LogP contribution >= 0.6 is 0 Å². The zero-order valence-corrected chi connectivity index (χ0v) is 16.0. The van der Waals surface area contributed by atoms with E-state index >= 15 is 0 Å². The molecule has 0 radical (unpaired) electrons. The molecule has 2 heterocycles. The van der Waals surface area contributed by atoms with Crippen LogP contribution in [-0.4, -0.2) is 134 Å². The van der Waals surface area contributed by atoms with Crippen molar-refractivity contribution in [3.63, 3.8) is 0 Å². The van der Waals surface area contributed by atoms with Gasteiger partial charge in [-0.15, -0.1) is 0 Å². The largest absolute Gasteiger partial charge is 0.480 e. The van der Waals surface area contributed by atoms with E-state index in [1.54, 1.807) is 0 Å². The van der Waals surface area contributed by atoms with Crippen molar-refractivity contribution in [3.05, 3.63) is 0 Å². The van der Waals surface area contributed by atoms with E-state index in [1.165, 1.54) is 6.92 Å². The van der Waals surface area contributed by atoms with Crippen molar-refractivity contribution in [1.29, 1.82) is 0 Å². The van der Waals surface area contributed by atoms with Crippen LogP contribution in [0.15, 0.2) is 0 Å². The average molecular weight is 443 g/mol. The van der Waals surface area contributed by atoms with Crippen LogP contribution in [0.25, 0.3) is 0 Å². The van der Waals surface area contributed by atoms with E-state index in [2.05, 4.69) is 0 Å². The number of carboxylic acid groups (broad SMARTS) is 1. The summed E-state index contributed by atoms with van der Waals surface area (Å²) in [7, 11) is 0. The number of carboxylic acids is 1. The molecule has 0 aromatic heterocycles. The molecule has 12 atom stereocenters. The molecular weight excluding hydrogens is 414 g/mol. The molecule has 14 nitrogen and oxygen atoms in total. The number of aliphatic hydroxyl groups is 7. The highest BCUT2D eigenvalue weighted by molar-refractivity contribution is 5.73. The zero-order valence-electron chi connectivity index (χ0n) is 16.0. The number of nitrogens with two attached hydrogens (primary N) is 1. The summed E-state index contributed by atoms with van der Waals surface area (Å²) in [6.07, 6.45) is -17.3. The molecule has 0 saturated carbocycles. The highest BCUT2D eigenvalue weighted by Crippen LogP contribution is 2.30. The first kappa shape index (κ1) is 25.3. The Morgan fingerprint density at radius 2 is 1.40 bits per heavy atom. The fourth-order valence-corrected chi connectivity index (χ4v) is 3.14. The molecule has 0 amide bonds. The van der Waals surface area contributed by atoms with E-state index in [-0.39, 0.29) is 0 Å². The second kappa shape index (κ2) is 10.5. The number of hydrogen-bond acceptors (Lipinski definition) is 13. The van der Waals surface area contributed by atoms with Crippen molar-refractivity contribution in [3.8, 4) is 0 Å². The third-order valence-corrected chi connectivity index (χ3v) is 5.10. The lowest BCUT2D eigenvalue weighted by Crippen LogP contribution is -2.65. The third kappa shape index (κ3) is 5.24. The maximum absolute atomic E-state index is 11.1. The Balaban J connectivity index is 2.22. The van der Waals surface area contributed by atoms with Crippen LogP contribution in [0.5, 0.6) is 0 Å². The molecule has 10 N–H and O–H groups in total. The lowest BCUT2D eigenvalue weighted by atomic mass is 9.97. The van der Waals surface area contributed by atoms with Crippen LogP contribution in [0.4, 0.5) is 0 Å². The van der Waals surface area contributed by atoms with Gasteiger partial charge in [0.1, 0.15) is 54.9 Å². The summed E-state index contributed by atoms with van der Waals surface area (Å²) in [5.41, 5.74) is 5.49. The number of rotatable bonds is 8. The highest BCUT2D eigenvalue weighted by atomic mass is 16.8. The Hall–Kier alpha value is -1.01. The third-order valence-electron chi connectivity index (χ3n) is 5.10. The van der Waals surface area contributed by atoms with E-state index in [4.69, 9.17) is 29.8 Å². The lowest BCUT2D eigenvalue weighted by Gasteiger charge is -2.46. The van der Waals surface area contributed by atoms with Crippen LogP contribution in [0, 0.1) is 0 Å². The van der Waals surface area contributed by atoms with E-state index in [9.17, 15) is 40.5 Å². The monoisotopic (exact) mass is 443 g/mol. The van der Waals surface area contributed by atoms with Gasteiger partial charge in [0.05, 0.1) is 19.3 Å². The van der Waals surface area contributed by atoms with Gasteiger partial charge >= 0.3 is 5.97 Å². The summed E-state index contributed by atoms with van der Waals surface area (Å²) < 4.78 is 21.4. The molecule has 30 heavy (non-hydrogen) atoms. The van der Waals surface area contributed by atoms with Gasteiger partial charge in [0, 0.05) is 0 Å². The van der Waals surface area contributed by atoms with E-state index in [0.717, 1.165) is 0 Å². The number of aliphatic hydroxyl groups excluding tert-OH is 7. The first-order valence-electron chi connectivity index (χ1n) is 9.25. The smallest absolute Gasteiger partial charge is 0.323 e. The molecule has 0 spiro atoms. The minimum absolute atomic E-state index is 0.718. The second-order valence-electron chi connectivity index (χ2n) is 7.21. The molecule has 2 aliphatic rings. The van der Waals surface area contributed by atoms with Gasteiger partial charge in [0.25, 0.3) is 0 Å². The van der Waals surface area contributed by atoms with Crippen LogP contribution < -0.4 is 5.73 Å². The Kier molecular flexibility index (Phi) is 8.87. The standard InChI is InChI=1S/C16H29NO13/c1-4(7(17)14(25)26)27-16-13(11(23)9(21)6(3-19)29-16)30-15-12(24)10(22)8(20)5(2-18)28-15/h4-13,15-16,18-24H,2-3,17H2,1H3,(H,25,26)/t4?,5-,6-,7+,8-,9-,10+,11+,12+,13+,15-,16+/m1/s1. The molecule has 0 aromatic rings. The molecule has 2 rings (SSSR count). The van der Waals surface area contributed by atoms with Gasteiger partial charge in [-0.2, -0.15) is 0 Å². The highest BCUT2D eigenvalue weighted by Gasteiger charge is 2.51. The Bertz CT molecular complexity index is 565. The van der Waals surface area contributed by atoms with Crippen molar-refractivity contribution in [2.75, 3.05) is 13.2 Å². The average Bonchev–Trinajstić information content (AvgIpc) is 2.72. The van der Waals surface area contributed by atoms with E-state index in [1.807, 2.05) is 0 Å². The minimum Gasteiger partial charge on any atom is -0.480 e. The van der Waals surface area contributed by atoms with Gasteiger partial charge in [-0.05, 0) is 6.92 Å². The van der Waals surface area contributed by atoms with Crippen molar-refractivity contribution >= 4 is 5.97 Å². The summed E-state index contributed by atoms with van der Waals surface area (Å²) in [6, 6.07) is -1.49. The summed E-state index contributed by atoms with van der Waals surface area (Å²) in [6.45, 7) is -0.142. The van der Waals surface area contributed by atoms with Gasteiger partial charge in [-0.1, -0.05) is 0 Å². The number of aliphatic carboxylic acids is 1. The number of carbonyl (C=O) groups is 1. The van der Waals surface area contributed by atoms with Crippen molar-refractivity contribution in [1.82, 2.24) is 0 Å². The molecule has 14 heteroatoms. The summed E-state index contributed by atoms with van der Waals surface area (Å²) in [4.78, 5) is 11.1. The van der Waals surface area contributed by atoms with E-state index < -0.39 is 92.7 Å². The molecule has 2 fully saturated rings. The van der Waals surface area contributed by atoms with Crippen LogP contribution in [0.1, 0.15) is 6.92 Å². The van der Waals surface area contributed by atoms with Crippen LogP contribution in [0.2, 0.25) is 0 Å². The SMILES string of the molecule is CC(O[C@H]1O[C@H](CO)[C@@H](O)[C@H](O)[C@@H]1O[C@H]1O[C@H](CO)[C@@H](O)[C@H](O)[C@@H]1O)[C@H](N)C(=O)O. The predicted molar refractivity (Wildman–Crippen MR) is 92.6 cm³/mol. The van der Waals surface area contributed by atoms with Crippen molar-refractivity contribution < 1.29 is 64.6 Å². The number of hydrogen-bond donors (Lipinski definition) is 9. The summed E-state index contributed by atoms with van der Waals surface area (Å²) in [5, 5.41) is 78.0. The van der Waals surface area contributed by atoms with Crippen LogP contribution in [-0.2, 0) is 23.7 Å². The molecule has 2 aliphatic heterocycles. The topological polar surface area (TPSA) is 242 Å². The second-order valence-corrected chi connectivity index (χ2v) is 7.21. The summed E-state index contributed by atoms with van der Waals surface area (Å²) in [5.74, 6) is -1.39. The Morgan fingerprint density at radius 3 is 1.90 bits per heavy atom. The first-order valence-corrected chi connectivity index (χ1v) is 9.25. The fraction of sp³-hybridized carbons (Fsp3) is 0.938. The maximum atomic E-state index is 11.1. The van der Waals surface area contributed by atoms with Gasteiger partial charge in [0.15, 0.2) is 12.6 Å². The molecule has 0 aromatic carbocycles. The normalized spacial score (nSPS) is 44.4. The Labute approximate surface area is 171 Å². The van der Waals surface area contributed by atoms with Gasteiger partial charge in [0.2, 0.25) is 0 Å². The fourth-order valence-electron chi connectivity index (χ4n) is 3.14. The Morgan fingerprint density at radius 1 is 0.900 bits per heavy atom. The molecule has 1 unspecified atom stereocenters. The predicted octanol–water partition coefficient (Wildman–Crippen LogP) is -5.57. The van der Waals surface area contributed by atoms with Gasteiger partial charge in [-0.3, -0.25) is 4.79 Å². The zero-order chi connectivity index (χ0) is 22.7. The summed E-state index contributed by atoms with van der Waals surface area (Å²) >= 11 is 0. The van der Waals surface area contributed by atoms with Crippen molar-refractivity contribution in [2.45, 2.75) is 80.5 Å². The molecule has 2 saturated heterocycles. The van der Waals surface area contributed by atoms with Gasteiger partial charge < -0.3 is 65.5 Å². The van der Waals surface area contributed by atoms with Gasteiger partial charge in [-0.25, -0.2) is 0 Å². The minimum atomic E-state index is -1.82. The first-order chi connectivity index (χ1) is 14.0. The van der Waals surface area contributed by atoms with Crippen LogP contribution in [0.3, 0.4) is 0 Å². The van der Waals surface area contributed by atoms with E-state index in [0.29, 0.717) is 0 Å². The lowest BCUT2D eigenvalue weighted by molar-refractivity contribution is -0.371.